The number of halogens is 3. The Morgan fingerprint density at radius 1 is 1.24 bits per heavy atom. The van der Waals surface area contributed by atoms with Crippen LogP contribution in [0.1, 0.15) is 5.56 Å². The molecule has 0 aliphatic heterocycles. The van der Waals surface area contributed by atoms with Gasteiger partial charge in [0, 0.05) is 10.5 Å². The van der Waals surface area contributed by atoms with E-state index in [0.29, 0.717) is 10.7 Å². The zero-order valence-electron chi connectivity index (χ0n) is 12.6. The standard InChI is InChI=1S/C17H11BrF2N2O2S/c18-11-4-7-13-14(9-11)25-17(21-13)22-15(23)8-3-10-1-5-12(6-2-10)24-16(19)20/h1-9,16H,(H,21,22,23). The normalized spacial score (nSPS) is 11.4. The lowest BCUT2D eigenvalue weighted by atomic mass is 10.2. The summed E-state index contributed by atoms with van der Waals surface area (Å²) in [7, 11) is 0. The Morgan fingerprint density at radius 3 is 2.72 bits per heavy atom. The van der Waals surface area contributed by atoms with Crippen LogP contribution in [-0.2, 0) is 4.79 Å². The van der Waals surface area contributed by atoms with Crippen molar-refractivity contribution in [1.29, 1.82) is 0 Å². The molecule has 2 aromatic carbocycles. The van der Waals surface area contributed by atoms with Gasteiger partial charge in [0.25, 0.3) is 0 Å². The van der Waals surface area contributed by atoms with Crippen molar-refractivity contribution in [2.45, 2.75) is 6.61 Å². The molecule has 0 saturated heterocycles. The number of fused-ring (bicyclic) bond motifs is 1. The van der Waals surface area contributed by atoms with Crippen LogP contribution >= 0.6 is 27.3 Å². The molecule has 3 aromatic rings. The number of aromatic nitrogens is 1. The molecule has 25 heavy (non-hydrogen) atoms. The number of ether oxygens (including phenoxy) is 1. The molecule has 1 N–H and O–H groups in total. The minimum Gasteiger partial charge on any atom is -0.435 e. The average Bonchev–Trinajstić information content (AvgIpc) is 2.95. The number of amides is 1. The van der Waals surface area contributed by atoms with Crippen LogP contribution in [0.5, 0.6) is 5.75 Å². The number of nitrogens with zero attached hydrogens (tertiary/aromatic N) is 1. The first-order valence-electron chi connectivity index (χ1n) is 7.09. The Kier molecular flexibility index (Phi) is 5.40. The van der Waals surface area contributed by atoms with Gasteiger partial charge in [-0.2, -0.15) is 8.78 Å². The number of benzene rings is 2. The van der Waals surface area contributed by atoms with Gasteiger partial charge in [0.15, 0.2) is 5.13 Å². The smallest absolute Gasteiger partial charge is 0.387 e. The van der Waals surface area contributed by atoms with Crippen LogP contribution in [0.15, 0.2) is 53.0 Å². The fourth-order valence-corrected chi connectivity index (χ4v) is 3.45. The molecular weight excluding hydrogens is 414 g/mol. The summed E-state index contributed by atoms with van der Waals surface area (Å²) in [5.41, 5.74) is 1.49. The van der Waals surface area contributed by atoms with E-state index in [1.165, 1.54) is 29.5 Å². The van der Waals surface area contributed by atoms with E-state index in [2.05, 4.69) is 31.0 Å². The summed E-state index contributed by atoms with van der Waals surface area (Å²) in [4.78, 5) is 16.3. The molecule has 0 unspecified atom stereocenters. The first-order chi connectivity index (χ1) is 12.0. The van der Waals surface area contributed by atoms with E-state index in [0.717, 1.165) is 14.7 Å². The van der Waals surface area contributed by atoms with Gasteiger partial charge in [-0.1, -0.05) is 39.4 Å². The van der Waals surface area contributed by atoms with Gasteiger partial charge in [-0.25, -0.2) is 4.98 Å². The molecule has 0 aliphatic carbocycles. The van der Waals surface area contributed by atoms with Gasteiger partial charge < -0.3 is 4.74 Å². The summed E-state index contributed by atoms with van der Waals surface area (Å²) in [6, 6.07) is 11.7. The SMILES string of the molecule is O=C(C=Cc1ccc(OC(F)F)cc1)Nc1nc2ccc(Br)cc2s1. The zero-order chi connectivity index (χ0) is 17.8. The summed E-state index contributed by atoms with van der Waals surface area (Å²) in [5, 5.41) is 3.20. The number of carbonyl (C=O) groups is 1. The third-order valence-electron chi connectivity index (χ3n) is 3.11. The highest BCUT2D eigenvalue weighted by atomic mass is 79.9. The molecule has 0 fully saturated rings. The van der Waals surface area contributed by atoms with Gasteiger partial charge in [0.2, 0.25) is 5.91 Å². The van der Waals surface area contributed by atoms with Crippen LogP contribution < -0.4 is 10.1 Å². The number of thiazole rings is 1. The minimum absolute atomic E-state index is 0.0669. The molecular formula is C17H11BrF2N2O2S. The van der Waals surface area contributed by atoms with Crippen molar-refractivity contribution in [3.05, 3.63) is 58.6 Å². The molecule has 0 bridgehead atoms. The third-order valence-corrected chi connectivity index (χ3v) is 4.54. The van der Waals surface area contributed by atoms with Crippen molar-refractivity contribution in [1.82, 2.24) is 4.98 Å². The van der Waals surface area contributed by atoms with Crippen LogP contribution in [0, 0.1) is 0 Å². The molecule has 8 heteroatoms. The largest absolute Gasteiger partial charge is 0.435 e. The number of anilines is 1. The fourth-order valence-electron chi connectivity index (χ4n) is 2.03. The highest BCUT2D eigenvalue weighted by molar-refractivity contribution is 9.10. The number of hydrogen-bond acceptors (Lipinski definition) is 4. The monoisotopic (exact) mass is 424 g/mol. The molecule has 4 nitrogen and oxygen atoms in total. The second-order valence-corrected chi connectivity index (χ2v) is 6.85. The maximum atomic E-state index is 12.1. The lowest BCUT2D eigenvalue weighted by molar-refractivity contribution is -0.111. The van der Waals surface area contributed by atoms with Crippen LogP contribution in [0.3, 0.4) is 0 Å². The van der Waals surface area contributed by atoms with Crippen LogP contribution in [0.25, 0.3) is 16.3 Å². The van der Waals surface area contributed by atoms with Crippen molar-refractivity contribution in [2.24, 2.45) is 0 Å². The predicted molar refractivity (Wildman–Crippen MR) is 98.1 cm³/mol. The Labute approximate surface area is 154 Å². The first-order valence-corrected chi connectivity index (χ1v) is 8.70. The molecule has 0 aliphatic rings. The minimum atomic E-state index is -2.86. The fraction of sp³-hybridized carbons (Fsp3) is 0.0588. The summed E-state index contributed by atoms with van der Waals surface area (Å²) in [5.74, 6) is -0.261. The maximum absolute atomic E-state index is 12.1. The van der Waals surface area contributed by atoms with E-state index in [9.17, 15) is 13.6 Å². The Bertz CT molecular complexity index is 926. The van der Waals surface area contributed by atoms with E-state index in [1.54, 1.807) is 18.2 Å². The topological polar surface area (TPSA) is 51.2 Å². The Hall–Kier alpha value is -2.32. The number of carbonyl (C=O) groups excluding carboxylic acids is 1. The molecule has 3 rings (SSSR count). The molecule has 0 spiro atoms. The lowest BCUT2D eigenvalue weighted by Crippen LogP contribution is -2.07. The molecule has 1 heterocycles. The average molecular weight is 425 g/mol. The lowest BCUT2D eigenvalue weighted by Gasteiger charge is -2.03. The van der Waals surface area contributed by atoms with E-state index in [4.69, 9.17) is 0 Å². The summed E-state index contributed by atoms with van der Waals surface area (Å²) in [6.45, 7) is -2.86. The quantitative estimate of drug-likeness (QED) is 0.564. The summed E-state index contributed by atoms with van der Waals surface area (Å²) >= 11 is 4.77. The van der Waals surface area contributed by atoms with Gasteiger partial charge in [0.1, 0.15) is 5.75 Å². The number of hydrogen-bond donors (Lipinski definition) is 1. The van der Waals surface area contributed by atoms with E-state index < -0.39 is 6.61 Å². The second-order valence-electron chi connectivity index (χ2n) is 4.90. The van der Waals surface area contributed by atoms with Crippen molar-refractivity contribution >= 4 is 54.6 Å². The summed E-state index contributed by atoms with van der Waals surface area (Å²) < 4.78 is 30.3. The number of rotatable bonds is 5. The molecule has 1 aromatic heterocycles. The maximum Gasteiger partial charge on any atom is 0.387 e. The molecule has 0 radical (unpaired) electrons. The zero-order valence-corrected chi connectivity index (χ0v) is 15.0. The van der Waals surface area contributed by atoms with E-state index >= 15 is 0 Å². The van der Waals surface area contributed by atoms with Crippen molar-refractivity contribution < 1.29 is 18.3 Å². The van der Waals surface area contributed by atoms with Crippen molar-refractivity contribution in [3.8, 4) is 5.75 Å². The number of nitrogens with one attached hydrogen (secondary N) is 1. The van der Waals surface area contributed by atoms with Crippen LogP contribution in [-0.4, -0.2) is 17.5 Å². The highest BCUT2D eigenvalue weighted by Gasteiger charge is 2.06. The summed E-state index contributed by atoms with van der Waals surface area (Å²) in [6.07, 6.45) is 2.93. The van der Waals surface area contributed by atoms with Gasteiger partial charge >= 0.3 is 6.61 Å². The van der Waals surface area contributed by atoms with Gasteiger partial charge in [-0.05, 0) is 42.0 Å². The van der Waals surface area contributed by atoms with E-state index in [1.807, 2.05) is 18.2 Å². The van der Waals surface area contributed by atoms with Crippen LogP contribution in [0.4, 0.5) is 13.9 Å². The van der Waals surface area contributed by atoms with Gasteiger partial charge in [-0.15, -0.1) is 0 Å². The third kappa shape index (κ3) is 4.83. The van der Waals surface area contributed by atoms with Gasteiger partial charge in [0.05, 0.1) is 10.2 Å². The van der Waals surface area contributed by atoms with E-state index in [-0.39, 0.29) is 11.7 Å². The highest BCUT2D eigenvalue weighted by Crippen LogP contribution is 2.28. The van der Waals surface area contributed by atoms with Crippen LogP contribution in [0.2, 0.25) is 0 Å². The van der Waals surface area contributed by atoms with Gasteiger partial charge in [-0.3, -0.25) is 10.1 Å². The molecule has 0 saturated carbocycles. The molecule has 0 atom stereocenters. The van der Waals surface area contributed by atoms with Crippen molar-refractivity contribution in [3.63, 3.8) is 0 Å². The van der Waals surface area contributed by atoms with Crippen molar-refractivity contribution in [2.75, 3.05) is 5.32 Å². The predicted octanol–water partition coefficient (Wildman–Crippen LogP) is 5.31. The number of alkyl halides is 2. The second kappa shape index (κ2) is 7.71. The Balaban J connectivity index is 1.63. The first kappa shape index (κ1) is 17.5. The molecule has 128 valence electrons. The Morgan fingerprint density at radius 2 is 2.00 bits per heavy atom. The molecule has 1 amide bonds.